The smallest absolute Gasteiger partial charge is 0.281 e. The fourth-order valence-electron chi connectivity index (χ4n) is 4.35. The van der Waals surface area contributed by atoms with Crippen LogP contribution in [0, 0.1) is 5.92 Å². The van der Waals surface area contributed by atoms with Gasteiger partial charge in [-0.2, -0.15) is 4.98 Å². The number of aromatic nitrogens is 2. The van der Waals surface area contributed by atoms with Crippen LogP contribution in [0.4, 0.5) is 0 Å². The van der Waals surface area contributed by atoms with Crippen LogP contribution < -0.4 is 4.74 Å². The predicted molar refractivity (Wildman–Crippen MR) is 118 cm³/mol. The van der Waals surface area contributed by atoms with Gasteiger partial charge in [0.2, 0.25) is 5.91 Å². The lowest BCUT2D eigenvalue weighted by molar-refractivity contribution is -0.127. The van der Waals surface area contributed by atoms with Gasteiger partial charge in [-0.15, -0.1) is 0 Å². The minimum Gasteiger partial charge on any atom is -0.459 e. The number of likely N-dealkylation sites (tertiary alicyclic amines) is 1. The van der Waals surface area contributed by atoms with Crippen molar-refractivity contribution in [2.75, 3.05) is 19.6 Å². The molecule has 1 aromatic carbocycles. The highest BCUT2D eigenvalue weighted by Crippen LogP contribution is 2.34. The predicted octanol–water partition coefficient (Wildman–Crippen LogP) is 4.41. The van der Waals surface area contributed by atoms with Crippen molar-refractivity contribution >= 4 is 38.6 Å². The van der Waals surface area contributed by atoms with Crippen LogP contribution in [-0.2, 0) is 11.3 Å². The number of hydrogen-bond donors (Lipinski definition) is 0. The van der Waals surface area contributed by atoms with Crippen LogP contribution in [0.3, 0.4) is 0 Å². The molecular formula is C23H20N4O3S. The lowest BCUT2D eigenvalue weighted by Crippen LogP contribution is -2.29. The van der Waals surface area contributed by atoms with E-state index < -0.39 is 0 Å². The molecule has 1 amide bonds. The second kappa shape index (κ2) is 7.09. The Hall–Kier alpha value is -3.39. The molecule has 1 fully saturated rings. The fourth-order valence-corrected chi connectivity index (χ4v) is 5.14. The molecule has 156 valence electrons. The topological polar surface area (TPSA) is 71.7 Å². The number of rotatable bonds is 4. The molecule has 1 unspecified atom stereocenters. The molecule has 0 bridgehead atoms. The third-order valence-electron chi connectivity index (χ3n) is 5.84. The Bertz CT molecular complexity index is 1310. The Labute approximate surface area is 182 Å². The lowest BCUT2D eigenvalue weighted by Gasteiger charge is -2.19. The normalized spacial score (nSPS) is 18.1. The van der Waals surface area contributed by atoms with Crippen LogP contribution in [-0.4, -0.2) is 45.3 Å². The minimum atomic E-state index is 0.152. The van der Waals surface area contributed by atoms with E-state index in [0.29, 0.717) is 23.3 Å². The van der Waals surface area contributed by atoms with Crippen molar-refractivity contribution in [2.45, 2.75) is 13.5 Å². The third kappa shape index (κ3) is 3.42. The number of benzene rings is 1. The molecule has 3 aromatic heterocycles. The molecule has 0 saturated carbocycles. The summed E-state index contributed by atoms with van der Waals surface area (Å²) in [5.74, 6) is 2.23. The Morgan fingerprint density at radius 2 is 2.23 bits per heavy atom. The number of fused-ring (bicyclic) bond motifs is 3. The van der Waals surface area contributed by atoms with Crippen molar-refractivity contribution in [3.8, 4) is 10.9 Å². The average molecular weight is 433 g/mol. The third-order valence-corrected chi connectivity index (χ3v) is 6.72. The zero-order valence-electron chi connectivity index (χ0n) is 16.9. The van der Waals surface area contributed by atoms with E-state index in [2.05, 4.69) is 27.1 Å². The summed E-state index contributed by atoms with van der Waals surface area (Å²) in [6, 6.07) is 11.7. The first-order valence-electron chi connectivity index (χ1n) is 10.2. The van der Waals surface area contributed by atoms with Gasteiger partial charge in [0.05, 0.1) is 11.2 Å². The Balaban J connectivity index is 1.17. The average Bonchev–Trinajstić information content (AvgIpc) is 3.48. The maximum Gasteiger partial charge on any atom is 0.281 e. The second-order valence-corrected chi connectivity index (χ2v) is 9.04. The zero-order valence-corrected chi connectivity index (χ0v) is 17.8. The van der Waals surface area contributed by atoms with E-state index in [9.17, 15) is 4.79 Å². The number of furan rings is 1. The van der Waals surface area contributed by atoms with E-state index >= 15 is 0 Å². The molecular weight excluding hydrogens is 412 g/mol. The number of pyridine rings is 1. The molecule has 8 heteroatoms. The summed E-state index contributed by atoms with van der Waals surface area (Å²) in [5.41, 5.74) is 2.88. The summed E-state index contributed by atoms with van der Waals surface area (Å²) in [7, 11) is 0. The summed E-state index contributed by atoms with van der Waals surface area (Å²) in [6.45, 7) is 4.85. The fraction of sp³-hybridized carbons (Fsp3) is 0.261. The van der Waals surface area contributed by atoms with Crippen molar-refractivity contribution in [3.05, 3.63) is 60.1 Å². The molecule has 2 aliphatic rings. The van der Waals surface area contributed by atoms with Gasteiger partial charge in [-0.25, -0.2) is 4.98 Å². The molecule has 2 aliphatic heterocycles. The van der Waals surface area contributed by atoms with Crippen molar-refractivity contribution in [3.63, 3.8) is 0 Å². The number of hydrogen-bond acceptors (Lipinski definition) is 7. The molecule has 7 nitrogen and oxygen atoms in total. The van der Waals surface area contributed by atoms with Crippen LogP contribution >= 0.6 is 11.3 Å². The molecule has 0 radical (unpaired) electrons. The number of ether oxygens (including phenoxy) is 1. The van der Waals surface area contributed by atoms with Gasteiger partial charge in [0.1, 0.15) is 17.1 Å². The van der Waals surface area contributed by atoms with E-state index in [1.165, 1.54) is 16.9 Å². The first-order chi connectivity index (χ1) is 15.1. The highest BCUT2D eigenvalue weighted by molar-refractivity contribution is 7.20. The largest absolute Gasteiger partial charge is 0.459 e. The Morgan fingerprint density at radius 3 is 3.06 bits per heavy atom. The molecule has 5 heterocycles. The van der Waals surface area contributed by atoms with Crippen LogP contribution in [0.15, 0.2) is 58.8 Å². The van der Waals surface area contributed by atoms with Gasteiger partial charge >= 0.3 is 0 Å². The van der Waals surface area contributed by atoms with Crippen molar-refractivity contribution in [1.82, 2.24) is 19.8 Å². The molecule has 6 rings (SSSR count). The molecule has 31 heavy (non-hydrogen) atoms. The number of amides is 1. The van der Waals surface area contributed by atoms with Gasteiger partial charge in [-0.3, -0.25) is 4.79 Å². The Kier molecular flexibility index (Phi) is 4.21. The standard InChI is InChI=1S/C23H20N4O3S/c1-14(28)27-11-16-9-26(10-17(16)12-27)13-19-8-15-7-18(4-5-20(15)29-19)30-23-25-22-21(31-23)3-2-6-24-22/h2-9,17H,10-13H2,1H3. The maximum atomic E-state index is 11.6. The van der Waals surface area contributed by atoms with Gasteiger partial charge in [0, 0.05) is 50.3 Å². The van der Waals surface area contributed by atoms with Gasteiger partial charge in [-0.05, 0) is 42.0 Å². The van der Waals surface area contributed by atoms with Crippen molar-refractivity contribution in [1.29, 1.82) is 0 Å². The summed E-state index contributed by atoms with van der Waals surface area (Å²) in [6.07, 6.45) is 3.92. The number of carbonyl (C=O) groups excluding carboxylic acids is 1. The van der Waals surface area contributed by atoms with Crippen molar-refractivity contribution < 1.29 is 13.9 Å². The van der Waals surface area contributed by atoms with E-state index in [0.717, 1.165) is 46.8 Å². The number of carbonyl (C=O) groups is 1. The van der Waals surface area contributed by atoms with Crippen molar-refractivity contribution in [2.24, 2.45) is 5.92 Å². The van der Waals surface area contributed by atoms with E-state index in [-0.39, 0.29) is 5.91 Å². The SMILES string of the molecule is CC(=O)N1CC2=CN(Cc3cc4cc(Oc5nc6ncccc6s5)ccc4o3)CC2C1. The van der Waals surface area contributed by atoms with Crippen LogP contribution in [0.2, 0.25) is 0 Å². The van der Waals surface area contributed by atoms with E-state index in [1.807, 2.05) is 35.2 Å². The summed E-state index contributed by atoms with van der Waals surface area (Å²) < 4.78 is 13.0. The zero-order chi connectivity index (χ0) is 20.9. The van der Waals surface area contributed by atoms with E-state index in [1.54, 1.807) is 13.1 Å². The maximum absolute atomic E-state index is 11.6. The summed E-state index contributed by atoms with van der Waals surface area (Å²) >= 11 is 1.48. The van der Waals surface area contributed by atoms with Crippen LogP contribution in [0.5, 0.6) is 10.9 Å². The van der Waals surface area contributed by atoms with Gasteiger partial charge in [0.15, 0.2) is 5.65 Å². The summed E-state index contributed by atoms with van der Waals surface area (Å²) in [4.78, 5) is 24.5. The first-order valence-corrected chi connectivity index (χ1v) is 11.0. The number of nitrogens with zero attached hydrogens (tertiary/aromatic N) is 4. The lowest BCUT2D eigenvalue weighted by atomic mass is 10.1. The van der Waals surface area contributed by atoms with Gasteiger partial charge in [0.25, 0.3) is 5.19 Å². The van der Waals surface area contributed by atoms with Crippen LogP contribution in [0.1, 0.15) is 12.7 Å². The molecule has 4 aromatic rings. The second-order valence-electron chi connectivity index (χ2n) is 8.05. The quantitative estimate of drug-likeness (QED) is 0.476. The summed E-state index contributed by atoms with van der Waals surface area (Å²) in [5, 5.41) is 1.58. The molecule has 1 atom stereocenters. The van der Waals surface area contributed by atoms with Gasteiger partial charge < -0.3 is 19.0 Å². The highest BCUT2D eigenvalue weighted by Gasteiger charge is 2.34. The molecule has 0 spiro atoms. The van der Waals surface area contributed by atoms with E-state index in [4.69, 9.17) is 9.15 Å². The monoisotopic (exact) mass is 432 g/mol. The minimum absolute atomic E-state index is 0.152. The Morgan fingerprint density at radius 1 is 1.29 bits per heavy atom. The first kappa shape index (κ1) is 18.4. The highest BCUT2D eigenvalue weighted by atomic mass is 32.1. The van der Waals surface area contributed by atoms with Gasteiger partial charge in [-0.1, -0.05) is 11.3 Å². The molecule has 0 N–H and O–H groups in total. The number of thiazole rings is 1. The van der Waals surface area contributed by atoms with Crippen LogP contribution in [0.25, 0.3) is 21.3 Å². The molecule has 1 saturated heterocycles. The molecule has 0 aliphatic carbocycles.